The van der Waals surface area contributed by atoms with Crippen molar-refractivity contribution in [3.63, 3.8) is 0 Å². The van der Waals surface area contributed by atoms with Gasteiger partial charge in [0.05, 0.1) is 0 Å². The molecule has 0 saturated carbocycles. The average molecular weight is 226 g/mol. The number of hydrogen-bond acceptors (Lipinski definition) is 2. The SMILES string of the molecule is CCC1CCN(CCNCCCC(C)C)C1. The van der Waals surface area contributed by atoms with Crippen molar-refractivity contribution in [3.05, 3.63) is 0 Å². The van der Waals surface area contributed by atoms with Crippen LogP contribution in [0, 0.1) is 11.8 Å². The molecule has 96 valence electrons. The van der Waals surface area contributed by atoms with Gasteiger partial charge in [-0.1, -0.05) is 27.2 Å². The van der Waals surface area contributed by atoms with Gasteiger partial charge in [0.2, 0.25) is 0 Å². The van der Waals surface area contributed by atoms with E-state index in [2.05, 4.69) is 31.0 Å². The van der Waals surface area contributed by atoms with Crippen molar-refractivity contribution in [3.8, 4) is 0 Å². The molecule has 1 atom stereocenters. The first-order valence-electron chi connectivity index (χ1n) is 7.15. The molecule has 0 aromatic carbocycles. The third-order valence-corrected chi connectivity index (χ3v) is 3.69. The predicted octanol–water partition coefficient (Wildman–Crippen LogP) is 2.74. The molecule has 0 aromatic rings. The Morgan fingerprint density at radius 2 is 2.12 bits per heavy atom. The van der Waals surface area contributed by atoms with Crippen LogP contribution < -0.4 is 5.32 Å². The number of nitrogens with one attached hydrogen (secondary N) is 1. The molecule has 2 nitrogen and oxygen atoms in total. The lowest BCUT2D eigenvalue weighted by atomic mass is 10.1. The molecule has 1 aliphatic rings. The zero-order valence-corrected chi connectivity index (χ0v) is 11.5. The third kappa shape index (κ3) is 5.86. The summed E-state index contributed by atoms with van der Waals surface area (Å²) in [6.45, 7) is 13.2. The molecule has 1 unspecified atom stereocenters. The molecule has 1 heterocycles. The van der Waals surface area contributed by atoms with Gasteiger partial charge in [-0.3, -0.25) is 0 Å². The highest BCUT2D eigenvalue weighted by Gasteiger charge is 2.19. The first-order valence-corrected chi connectivity index (χ1v) is 7.15. The van der Waals surface area contributed by atoms with Gasteiger partial charge in [-0.2, -0.15) is 0 Å². The summed E-state index contributed by atoms with van der Waals surface area (Å²) in [5, 5.41) is 3.56. The Hall–Kier alpha value is -0.0800. The Kier molecular flexibility index (Phi) is 7.06. The van der Waals surface area contributed by atoms with Crippen LogP contribution in [0.4, 0.5) is 0 Å². The lowest BCUT2D eigenvalue weighted by Gasteiger charge is -2.16. The molecule has 0 radical (unpaired) electrons. The van der Waals surface area contributed by atoms with E-state index in [-0.39, 0.29) is 0 Å². The number of likely N-dealkylation sites (tertiary alicyclic amines) is 1. The maximum absolute atomic E-state index is 3.56. The number of nitrogens with zero attached hydrogens (tertiary/aromatic N) is 1. The quantitative estimate of drug-likeness (QED) is 0.640. The molecule has 1 fully saturated rings. The van der Waals surface area contributed by atoms with E-state index in [4.69, 9.17) is 0 Å². The summed E-state index contributed by atoms with van der Waals surface area (Å²) in [6.07, 6.45) is 5.46. The maximum atomic E-state index is 3.56. The lowest BCUT2D eigenvalue weighted by molar-refractivity contribution is 0.320. The zero-order valence-electron chi connectivity index (χ0n) is 11.5. The van der Waals surface area contributed by atoms with E-state index < -0.39 is 0 Å². The van der Waals surface area contributed by atoms with Gasteiger partial charge in [0.1, 0.15) is 0 Å². The fourth-order valence-corrected chi connectivity index (χ4v) is 2.45. The zero-order chi connectivity index (χ0) is 11.8. The Labute approximate surface area is 102 Å². The molecule has 1 saturated heterocycles. The second kappa shape index (κ2) is 8.08. The normalized spacial score (nSPS) is 22.1. The first kappa shape index (κ1) is 14.0. The summed E-state index contributed by atoms with van der Waals surface area (Å²) >= 11 is 0. The van der Waals surface area contributed by atoms with Gasteiger partial charge >= 0.3 is 0 Å². The highest BCUT2D eigenvalue weighted by atomic mass is 15.2. The highest BCUT2D eigenvalue weighted by molar-refractivity contribution is 4.74. The Morgan fingerprint density at radius 3 is 2.75 bits per heavy atom. The first-order chi connectivity index (χ1) is 7.72. The summed E-state index contributed by atoms with van der Waals surface area (Å²) in [4.78, 5) is 2.61. The van der Waals surface area contributed by atoms with Crippen molar-refractivity contribution in [2.75, 3.05) is 32.7 Å². The minimum absolute atomic E-state index is 0.852. The van der Waals surface area contributed by atoms with Crippen molar-refractivity contribution in [2.45, 2.75) is 46.5 Å². The summed E-state index contributed by atoms with van der Waals surface area (Å²) in [5.74, 6) is 1.83. The summed E-state index contributed by atoms with van der Waals surface area (Å²) in [5.41, 5.74) is 0. The summed E-state index contributed by atoms with van der Waals surface area (Å²) < 4.78 is 0. The van der Waals surface area contributed by atoms with Crippen molar-refractivity contribution < 1.29 is 0 Å². The molecule has 2 heteroatoms. The fraction of sp³-hybridized carbons (Fsp3) is 1.00. The van der Waals surface area contributed by atoms with Crippen LogP contribution in [0.25, 0.3) is 0 Å². The largest absolute Gasteiger partial charge is 0.315 e. The molecule has 16 heavy (non-hydrogen) atoms. The second-order valence-electron chi connectivity index (χ2n) is 5.65. The molecule has 1 N–H and O–H groups in total. The van der Waals surface area contributed by atoms with E-state index >= 15 is 0 Å². The molecule has 0 amide bonds. The van der Waals surface area contributed by atoms with Crippen molar-refractivity contribution in [2.24, 2.45) is 11.8 Å². The minimum Gasteiger partial charge on any atom is -0.315 e. The van der Waals surface area contributed by atoms with Crippen LogP contribution in [-0.2, 0) is 0 Å². The topological polar surface area (TPSA) is 15.3 Å². The molecule has 0 aromatic heterocycles. The fourth-order valence-electron chi connectivity index (χ4n) is 2.45. The average Bonchev–Trinajstić information content (AvgIpc) is 2.70. The van der Waals surface area contributed by atoms with Crippen LogP contribution in [0.1, 0.15) is 46.5 Å². The van der Waals surface area contributed by atoms with E-state index in [1.54, 1.807) is 0 Å². The van der Waals surface area contributed by atoms with E-state index in [0.29, 0.717) is 0 Å². The predicted molar refractivity (Wildman–Crippen MR) is 71.8 cm³/mol. The molecular weight excluding hydrogens is 196 g/mol. The molecule has 0 aliphatic carbocycles. The van der Waals surface area contributed by atoms with Crippen LogP contribution in [0.2, 0.25) is 0 Å². The standard InChI is InChI=1S/C14H30N2/c1-4-14-7-10-16(12-14)11-9-15-8-5-6-13(2)3/h13-15H,4-12H2,1-3H3. The molecule has 0 bridgehead atoms. The van der Waals surface area contributed by atoms with Crippen molar-refractivity contribution in [1.29, 1.82) is 0 Å². The van der Waals surface area contributed by atoms with Crippen LogP contribution in [-0.4, -0.2) is 37.6 Å². The van der Waals surface area contributed by atoms with Gasteiger partial charge in [0.25, 0.3) is 0 Å². The van der Waals surface area contributed by atoms with Gasteiger partial charge in [0.15, 0.2) is 0 Å². The van der Waals surface area contributed by atoms with Gasteiger partial charge in [-0.05, 0) is 44.2 Å². The Balaban J connectivity index is 1.88. The molecule has 1 rings (SSSR count). The van der Waals surface area contributed by atoms with Crippen molar-refractivity contribution >= 4 is 0 Å². The summed E-state index contributed by atoms with van der Waals surface area (Å²) in [7, 11) is 0. The van der Waals surface area contributed by atoms with Crippen molar-refractivity contribution in [1.82, 2.24) is 10.2 Å². The van der Waals surface area contributed by atoms with Gasteiger partial charge in [0, 0.05) is 19.6 Å². The number of hydrogen-bond donors (Lipinski definition) is 1. The smallest absolute Gasteiger partial charge is 0.0107 e. The highest BCUT2D eigenvalue weighted by Crippen LogP contribution is 2.17. The summed E-state index contributed by atoms with van der Waals surface area (Å²) in [6, 6.07) is 0. The lowest BCUT2D eigenvalue weighted by Crippen LogP contribution is -2.31. The second-order valence-corrected chi connectivity index (χ2v) is 5.65. The van der Waals surface area contributed by atoms with Crippen LogP contribution >= 0.6 is 0 Å². The van der Waals surface area contributed by atoms with E-state index in [0.717, 1.165) is 11.8 Å². The Bertz CT molecular complexity index is 168. The van der Waals surface area contributed by atoms with Crippen LogP contribution in [0.3, 0.4) is 0 Å². The number of rotatable bonds is 8. The van der Waals surface area contributed by atoms with Crippen LogP contribution in [0.5, 0.6) is 0 Å². The molecule has 1 aliphatic heterocycles. The van der Waals surface area contributed by atoms with Gasteiger partial charge in [-0.15, -0.1) is 0 Å². The van der Waals surface area contributed by atoms with E-state index in [1.807, 2.05) is 0 Å². The van der Waals surface area contributed by atoms with E-state index in [9.17, 15) is 0 Å². The molecular formula is C14H30N2. The monoisotopic (exact) mass is 226 g/mol. The third-order valence-electron chi connectivity index (χ3n) is 3.69. The molecule has 0 spiro atoms. The van der Waals surface area contributed by atoms with Gasteiger partial charge < -0.3 is 10.2 Å². The van der Waals surface area contributed by atoms with Crippen LogP contribution in [0.15, 0.2) is 0 Å². The van der Waals surface area contributed by atoms with E-state index in [1.165, 1.54) is 58.4 Å². The Morgan fingerprint density at radius 1 is 1.31 bits per heavy atom. The maximum Gasteiger partial charge on any atom is 0.0107 e. The minimum atomic E-state index is 0.852. The van der Waals surface area contributed by atoms with Gasteiger partial charge in [-0.25, -0.2) is 0 Å².